The van der Waals surface area contributed by atoms with Crippen LogP contribution < -0.4 is 0 Å². The smallest absolute Gasteiger partial charge is 0.462 e. The van der Waals surface area contributed by atoms with Gasteiger partial charge in [0, 0.05) is 19.3 Å². The van der Waals surface area contributed by atoms with Crippen LogP contribution in [0.2, 0.25) is 0 Å². The van der Waals surface area contributed by atoms with Gasteiger partial charge in [-0.05, 0) is 89.9 Å². The molecule has 0 spiro atoms. The lowest BCUT2D eigenvalue weighted by Crippen LogP contribution is -2.30. The highest BCUT2D eigenvalue weighted by molar-refractivity contribution is 7.47. The molecular weight excluding hydrogens is 832 g/mol. The molecule has 64 heavy (non-hydrogen) atoms. The van der Waals surface area contributed by atoms with Crippen LogP contribution in [0.5, 0.6) is 0 Å². The molecule has 0 bridgehead atoms. The van der Waals surface area contributed by atoms with Crippen molar-refractivity contribution in [3.05, 3.63) is 85.1 Å². The van der Waals surface area contributed by atoms with E-state index in [9.17, 15) is 28.9 Å². The number of allylic oxidation sites excluding steroid dienone is 14. The first kappa shape index (κ1) is 60.7. The Balaban J connectivity index is 4.87. The molecule has 0 aromatic rings. The third-order valence-corrected chi connectivity index (χ3v) is 10.8. The van der Waals surface area contributed by atoms with Crippen LogP contribution in [0.3, 0.4) is 0 Å². The normalized spacial score (nSPS) is 14.3. The Bertz CT molecular complexity index is 1400. The summed E-state index contributed by atoms with van der Waals surface area (Å²) in [5.74, 6) is -1.56. The van der Waals surface area contributed by atoms with Gasteiger partial charge in [0.2, 0.25) is 0 Å². The van der Waals surface area contributed by atoms with Gasteiger partial charge in [-0.15, -0.1) is 0 Å². The Morgan fingerprint density at radius 3 is 1.28 bits per heavy atom. The first-order valence-electron chi connectivity index (χ1n) is 24.5. The number of hydrogen-bond donors (Lipinski definition) is 2. The Morgan fingerprint density at radius 2 is 0.812 bits per heavy atom. The van der Waals surface area contributed by atoms with Gasteiger partial charge in [0.05, 0.1) is 19.8 Å². The highest BCUT2D eigenvalue weighted by Crippen LogP contribution is 2.43. The summed E-state index contributed by atoms with van der Waals surface area (Å²) in [4.78, 5) is 48.1. The zero-order chi connectivity index (χ0) is 47.0. The van der Waals surface area contributed by atoms with Gasteiger partial charge in [-0.1, -0.05) is 164 Å². The lowest BCUT2D eigenvalue weighted by atomic mass is 10.1. The van der Waals surface area contributed by atoms with Crippen molar-refractivity contribution in [2.45, 2.75) is 200 Å². The molecule has 0 aliphatic heterocycles. The van der Waals surface area contributed by atoms with Gasteiger partial charge in [-0.3, -0.25) is 23.4 Å². The Labute approximate surface area is 388 Å². The zero-order valence-electron chi connectivity index (χ0n) is 40.0. The van der Waals surface area contributed by atoms with Crippen LogP contribution in [-0.4, -0.2) is 66.5 Å². The number of ether oxygens (including phenoxy) is 3. The number of phosphoric ester groups is 1. The number of aliphatic hydroxyl groups is 1. The predicted octanol–water partition coefficient (Wildman–Crippen LogP) is 13.6. The Kier molecular flexibility index (Phi) is 43.8. The van der Waals surface area contributed by atoms with Crippen LogP contribution in [-0.2, 0) is 42.2 Å². The first-order valence-corrected chi connectivity index (χ1v) is 26.0. The summed E-state index contributed by atoms with van der Waals surface area (Å²) < 4.78 is 39.1. The van der Waals surface area contributed by atoms with E-state index in [2.05, 4.69) is 106 Å². The predicted molar refractivity (Wildman–Crippen MR) is 261 cm³/mol. The van der Waals surface area contributed by atoms with Crippen molar-refractivity contribution in [3.8, 4) is 0 Å². The molecular formula is C52H87O11P. The molecule has 366 valence electrons. The summed E-state index contributed by atoms with van der Waals surface area (Å²) in [5.41, 5.74) is 0. The zero-order valence-corrected chi connectivity index (χ0v) is 40.9. The molecule has 0 aromatic carbocycles. The lowest BCUT2D eigenvalue weighted by Gasteiger charge is -2.21. The second-order valence-electron chi connectivity index (χ2n) is 15.9. The fourth-order valence-corrected chi connectivity index (χ4v) is 6.91. The number of rotatable bonds is 44. The molecule has 0 aromatic heterocycles. The summed E-state index contributed by atoms with van der Waals surface area (Å²) >= 11 is 0. The van der Waals surface area contributed by atoms with E-state index in [0.29, 0.717) is 19.3 Å². The number of hydrogen-bond acceptors (Lipinski definition) is 10. The number of aliphatic hydroxyl groups excluding tert-OH is 1. The standard InChI is InChI=1S/C52H87O11P/c1-4-7-10-13-16-19-21-23-24-26-27-30-32-35-38-41-50(54)59-45-49(63-52(56)43-40-37-34-31-28-25-22-20-17-14-11-8-5-2)47-61-64(57,58)60-46-48(44-53)62-51(55)42-39-36-33-29-18-15-12-9-6-3/h7-8,10-11,16-17,19-20,23-25,27-28,30,48-49,53H,4-6,9,12-15,18,21-22,26,29,31-47H2,1-3H3,(H,57,58)/b10-7-,11-8-,19-16-,20-17-,24-23-,28-25-,30-27-. The maximum atomic E-state index is 12.8. The van der Waals surface area contributed by atoms with Gasteiger partial charge in [-0.25, -0.2) is 4.57 Å². The fourth-order valence-electron chi connectivity index (χ4n) is 6.12. The van der Waals surface area contributed by atoms with Gasteiger partial charge in [0.25, 0.3) is 0 Å². The SMILES string of the molecule is CC/C=C\C/C=C\C/C=C\C/C=C\CCCCC(=O)OCC(COP(=O)(O)OCC(CO)OC(=O)CCCCCCCCCCC)OC(=O)CCCCC/C=C\C/C=C\C/C=C\CC. The number of esters is 3. The maximum absolute atomic E-state index is 12.8. The molecule has 2 N–H and O–H groups in total. The molecule has 0 radical (unpaired) electrons. The average molecular weight is 919 g/mol. The van der Waals surface area contributed by atoms with Gasteiger partial charge < -0.3 is 24.2 Å². The molecule has 0 aliphatic rings. The first-order chi connectivity index (χ1) is 31.2. The maximum Gasteiger partial charge on any atom is 0.472 e. The summed E-state index contributed by atoms with van der Waals surface area (Å²) in [7, 11) is -4.75. The number of carbonyl (C=O) groups excluding carboxylic acids is 3. The van der Waals surface area contributed by atoms with Gasteiger partial charge in [0.15, 0.2) is 6.10 Å². The molecule has 0 aliphatic carbocycles. The fraction of sp³-hybridized carbons (Fsp3) is 0.673. The van der Waals surface area contributed by atoms with Crippen LogP contribution >= 0.6 is 7.82 Å². The highest BCUT2D eigenvalue weighted by atomic mass is 31.2. The van der Waals surface area contributed by atoms with E-state index < -0.39 is 57.8 Å². The quantitative estimate of drug-likeness (QED) is 0.0197. The summed E-state index contributed by atoms with van der Waals surface area (Å²) in [6.45, 7) is 4.27. The van der Waals surface area contributed by atoms with Crippen LogP contribution in [0.4, 0.5) is 0 Å². The van der Waals surface area contributed by atoms with Gasteiger partial charge in [0.1, 0.15) is 12.7 Å². The van der Waals surface area contributed by atoms with Gasteiger partial charge in [-0.2, -0.15) is 0 Å². The van der Waals surface area contributed by atoms with Crippen molar-refractivity contribution in [1.29, 1.82) is 0 Å². The van der Waals surface area contributed by atoms with E-state index in [4.69, 9.17) is 23.3 Å². The molecule has 0 amide bonds. The second kappa shape index (κ2) is 46.2. The molecule has 12 heteroatoms. The second-order valence-corrected chi connectivity index (χ2v) is 17.3. The average Bonchev–Trinajstić information content (AvgIpc) is 3.28. The Hall–Kier alpha value is -3.34. The minimum absolute atomic E-state index is 0.120. The minimum atomic E-state index is -4.75. The van der Waals surface area contributed by atoms with E-state index in [1.807, 2.05) is 0 Å². The minimum Gasteiger partial charge on any atom is -0.462 e. The molecule has 0 saturated carbocycles. The molecule has 3 unspecified atom stereocenters. The molecule has 3 atom stereocenters. The van der Waals surface area contributed by atoms with Crippen molar-refractivity contribution in [1.82, 2.24) is 0 Å². The third-order valence-electron chi connectivity index (χ3n) is 9.81. The number of phosphoric acid groups is 1. The topological polar surface area (TPSA) is 155 Å². The van der Waals surface area contributed by atoms with Crippen molar-refractivity contribution in [2.75, 3.05) is 26.4 Å². The summed E-state index contributed by atoms with van der Waals surface area (Å²) in [6, 6.07) is 0. The van der Waals surface area contributed by atoms with Crippen LogP contribution in [0.25, 0.3) is 0 Å². The molecule has 0 rings (SSSR count). The van der Waals surface area contributed by atoms with Crippen LogP contribution in [0.1, 0.15) is 188 Å². The Morgan fingerprint density at radius 1 is 0.453 bits per heavy atom. The summed E-state index contributed by atoms with van der Waals surface area (Å²) in [5, 5.41) is 9.73. The van der Waals surface area contributed by atoms with E-state index in [1.165, 1.54) is 32.1 Å². The van der Waals surface area contributed by atoms with E-state index in [0.717, 1.165) is 96.3 Å². The van der Waals surface area contributed by atoms with Crippen molar-refractivity contribution in [2.24, 2.45) is 0 Å². The lowest BCUT2D eigenvalue weighted by molar-refractivity contribution is -0.161. The molecule has 0 saturated heterocycles. The molecule has 0 heterocycles. The highest BCUT2D eigenvalue weighted by Gasteiger charge is 2.28. The van der Waals surface area contributed by atoms with Crippen molar-refractivity contribution in [3.63, 3.8) is 0 Å². The van der Waals surface area contributed by atoms with E-state index in [1.54, 1.807) is 0 Å². The third kappa shape index (κ3) is 43.9. The van der Waals surface area contributed by atoms with Gasteiger partial charge >= 0.3 is 25.7 Å². The van der Waals surface area contributed by atoms with Crippen LogP contribution in [0, 0.1) is 0 Å². The monoisotopic (exact) mass is 919 g/mol. The molecule has 0 fully saturated rings. The number of carbonyl (C=O) groups is 3. The van der Waals surface area contributed by atoms with E-state index in [-0.39, 0.29) is 25.9 Å². The van der Waals surface area contributed by atoms with Crippen LogP contribution in [0.15, 0.2) is 85.1 Å². The summed E-state index contributed by atoms with van der Waals surface area (Å²) in [6.07, 6.45) is 50.0. The van der Waals surface area contributed by atoms with E-state index >= 15 is 0 Å². The molecule has 11 nitrogen and oxygen atoms in total. The van der Waals surface area contributed by atoms with Crippen molar-refractivity contribution < 1.29 is 52.2 Å². The number of unbranched alkanes of at least 4 members (excludes halogenated alkanes) is 13. The largest absolute Gasteiger partial charge is 0.472 e. The van der Waals surface area contributed by atoms with Crippen molar-refractivity contribution >= 4 is 25.7 Å².